The zero-order chi connectivity index (χ0) is 11.6. The molecule has 1 aliphatic heterocycles. The Morgan fingerprint density at radius 1 is 1.47 bits per heavy atom. The van der Waals surface area contributed by atoms with Gasteiger partial charge in [-0.15, -0.1) is 0 Å². The highest BCUT2D eigenvalue weighted by Crippen LogP contribution is 2.23. The minimum Gasteiger partial charge on any atom is -0.389 e. The number of nitrogens with zero attached hydrogens (tertiary/aromatic N) is 1. The third kappa shape index (κ3) is 3.44. The minimum absolute atomic E-state index is 0.277. The molecule has 3 N–H and O–H groups in total. The van der Waals surface area contributed by atoms with Crippen molar-refractivity contribution in [1.82, 2.24) is 4.90 Å². The number of hydrogen-bond donors (Lipinski definition) is 2. The summed E-state index contributed by atoms with van der Waals surface area (Å²) >= 11 is 0. The number of rotatable bonds is 4. The van der Waals surface area contributed by atoms with Crippen molar-refractivity contribution in [3.8, 4) is 0 Å². The van der Waals surface area contributed by atoms with Gasteiger partial charge in [-0.05, 0) is 38.6 Å². The zero-order valence-electron chi connectivity index (χ0n) is 10.5. The minimum atomic E-state index is -0.577. The fourth-order valence-electron chi connectivity index (χ4n) is 2.07. The van der Waals surface area contributed by atoms with E-state index in [0.29, 0.717) is 11.8 Å². The van der Waals surface area contributed by atoms with Gasteiger partial charge in [0.1, 0.15) is 0 Å². The molecular weight excluding hydrogens is 188 g/mol. The second-order valence-corrected chi connectivity index (χ2v) is 5.65. The van der Waals surface area contributed by atoms with Crippen molar-refractivity contribution >= 4 is 0 Å². The van der Waals surface area contributed by atoms with Gasteiger partial charge in [-0.3, -0.25) is 0 Å². The van der Waals surface area contributed by atoms with Crippen molar-refractivity contribution in [3.63, 3.8) is 0 Å². The largest absolute Gasteiger partial charge is 0.389 e. The Balaban J connectivity index is 2.42. The monoisotopic (exact) mass is 214 g/mol. The highest BCUT2D eigenvalue weighted by Gasteiger charge is 2.32. The van der Waals surface area contributed by atoms with Gasteiger partial charge >= 0.3 is 0 Å². The van der Waals surface area contributed by atoms with Crippen LogP contribution in [0.1, 0.15) is 34.1 Å². The van der Waals surface area contributed by atoms with Crippen LogP contribution in [-0.4, -0.2) is 41.3 Å². The molecular formula is C12H26N2O. The quantitative estimate of drug-likeness (QED) is 0.736. The summed E-state index contributed by atoms with van der Waals surface area (Å²) in [6, 6.07) is 0.277. The number of hydrogen-bond acceptors (Lipinski definition) is 3. The lowest BCUT2D eigenvalue weighted by atomic mass is 9.92. The molecule has 3 atom stereocenters. The van der Waals surface area contributed by atoms with Crippen LogP contribution in [0.5, 0.6) is 0 Å². The normalized spacial score (nSPS) is 29.4. The fourth-order valence-corrected chi connectivity index (χ4v) is 2.07. The molecule has 90 valence electrons. The van der Waals surface area contributed by atoms with Gasteiger partial charge in [-0.2, -0.15) is 0 Å². The fraction of sp³-hybridized carbons (Fsp3) is 1.00. The van der Waals surface area contributed by atoms with E-state index in [2.05, 4.69) is 25.7 Å². The van der Waals surface area contributed by atoms with E-state index < -0.39 is 5.60 Å². The molecule has 0 spiro atoms. The maximum absolute atomic E-state index is 10.2. The molecule has 0 aromatic carbocycles. The van der Waals surface area contributed by atoms with Crippen LogP contribution in [0.15, 0.2) is 0 Å². The van der Waals surface area contributed by atoms with Gasteiger partial charge in [-0.1, -0.05) is 13.8 Å². The van der Waals surface area contributed by atoms with E-state index in [9.17, 15) is 5.11 Å². The van der Waals surface area contributed by atoms with Crippen LogP contribution in [0.4, 0.5) is 0 Å². The maximum Gasteiger partial charge on any atom is 0.0768 e. The third-order valence-corrected chi connectivity index (χ3v) is 3.84. The SMILES string of the molecule is CC(N)C1CCN(CC(C)(O)C(C)C)C1. The first-order chi connectivity index (χ1) is 6.83. The second-order valence-electron chi connectivity index (χ2n) is 5.65. The Bertz CT molecular complexity index is 202. The molecule has 0 amide bonds. The highest BCUT2D eigenvalue weighted by molar-refractivity contribution is 4.87. The van der Waals surface area contributed by atoms with Crippen molar-refractivity contribution < 1.29 is 5.11 Å². The molecule has 0 bridgehead atoms. The maximum atomic E-state index is 10.2. The highest BCUT2D eigenvalue weighted by atomic mass is 16.3. The molecule has 0 aromatic heterocycles. The Kier molecular flexibility index (Phi) is 4.15. The van der Waals surface area contributed by atoms with E-state index in [0.717, 1.165) is 19.6 Å². The topological polar surface area (TPSA) is 49.5 Å². The van der Waals surface area contributed by atoms with Gasteiger partial charge in [0.05, 0.1) is 5.60 Å². The molecule has 0 saturated carbocycles. The van der Waals surface area contributed by atoms with Crippen LogP contribution in [-0.2, 0) is 0 Å². The standard InChI is InChI=1S/C12H26N2O/c1-9(2)12(4,15)8-14-6-5-11(7-14)10(3)13/h9-11,15H,5-8,13H2,1-4H3. The molecule has 1 saturated heterocycles. The summed E-state index contributed by atoms with van der Waals surface area (Å²) in [6.07, 6.45) is 1.17. The molecule has 0 aromatic rings. The van der Waals surface area contributed by atoms with Gasteiger partial charge in [0, 0.05) is 19.1 Å². The zero-order valence-corrected chi connectivity index (χ0v) is 10.5. The molecule has 0 radical (unpaired) electrons. The van der Waals surface area contributed by atoms with E-state index in [1.807, 2.05) is 6.92 Å². The Morgan fingerprint density at radius 2 is 2.07 bits per heavy atom. The first-order valence-electron chi connectivity index (χ1n) is 6.03. The molecule has 3 unspecified atom stereocenters. The van der Waals surface area contributed by atoms with Gasteiger partial charge < -0.3 is 15.7 Å². The van der Waals surface area contributed by atoms with Crippen molar-refractivity contribution in [2.45, 2.75) is 45.8 Å². The molecule has 1 heterocycles. The first-order valence-corrected chi connectivity index (χ1v) is 6.03. The van der Waals surface area contributed by atoms with Crippen LogP contribution in [0, 0.1) is 11.8 Å². The Hall–Kier alpha value is -0.120. The van der Waals surface area contributed by atoms with E-state index in [1.54, 1.807) is 0 Å². The summed E-state index contributed by atoms with van der Waals surface area (Å²) in [6.45, 7) is 11.0. The van der Waals surface area contributed by atoms with E-state index in [1.165, 1.54) is 6.42 Å². The average molecular weight is 214 g/mol. The molecule has 1 aliphatic rings. The van der Waals surface area contributed by atoms with Crippen LogP contribution < -0.4 is 5.73 Å². The molecule has 3 heteroatoms. The third-order valence-electron chi connectivity index (χ3n) is 3.84. The lowest BCUT2D eigenvalue weighted by Crippen LogP contribution is -2.44. The summed E-state index contributed by atoms with van der Waals surface area (Å²) in [7, 11) is 0. The first kappa shape index (κ1) is 12.9. The van der Waals surface area contributed by atoms with Gasteiger partial charge in [0.25, 0.3) is 0 Å². The van der Waals surface area contributed by atoms with Crippen molar-refractivity contribution in [2.24, 2.45) is 17.6 Å². The van der Waals surface area contributed by atoms with E-state index in [-0.39, 0.29) is 6.04 Å². The molecule has 1 fully saturated rings. The van der Waals surface area contributed by atoms with Crippen LogP contribution in [0.25, 0.3) is 0 Å². The number of β-amino-alcohol motifs (C(OH)–C–C–N with tert-alkyl or cyclic N) is 1. The van der Waals surface area contributed by atoms with Gasteiger partial charge in [0.2, 0.25) is 0 Å². The molecule has 0 aliphatic carbocycles. The van der Waals surface area contributed by atoms with Crippen molar-refractivity contribution in [1.29, 1.82) is 0 Å². The Labute approximate surface area is 93.6 Å². The summed E-state index contributed by atoms with van der Waals surface area (Å²) < 4.78 is 0. The van der Waals surface area contributed by atoms with Crippen molar-refractivity contribution in [2.75, 3.05) is 19.6 Å². The van der Waals surface area contributed by atoms with Crippen molar-refractivity contribution in [3.05, 3.63) is 0 Å². The summed E-state index contributed by atoms with van der Waals surface area (Å²) in [4.78, 5) is 2.34. The van der Waals surface area contributed by atoms with Crippen LogP contribution >= 0.6 is 0 Å². The number of likely N-dealkylation sites (tertiary alicyclic amines) is 1. The smallest absolute Gasteiger partial charge is 0.0768 e. The average Bonchev–Trinajstić information content (AvgIpc) is 2.51. The Morgan fingerprint density at radius 3 is 2.47 bits per heavy atom. The predicted molar refractivity (Wildman–Crippen MR) is 63.7 cm³/mol. The lowest BCUT2D eigenvalue weighted by molar-refractivity contribution is -0.0145. The number of nitrogens with two attached hydrogens (primary N) is 1. The molecule has 3 nitrogen and oxygen atoms in total. The molecule has 15 heavy (non-hydrogen) atoms. The number of aliphatic hydroxyl groups is 1. The van der Waals surface area contributed by atoms with Crippen LogP contribution in [0.3, 0.4) is 0 Å². The van der Waals surface area contributed by atoms with Gasteiger partial charge in [0.15, 0.2) is 0 Å². The summed E-state index contributed by atoms with van der Waals surface area (Å²) in [5, 5.41) is 10.2. The van der Waals surface area contributed by atoms with E-state index in [4.69, 9.17) is 5.73 Å². The van der Waals surface area contributed by atoms with E-state index >= 15 is 0 Å². The summed E-state index contributed by atoms with van der Waals surface area (Å²) in [5.74, 6) is 0.903. The summed E-state index contributed by atoms with van der Waals surface area (Å²) in [5.41, 5.74) is 5.32. The lowest BCUT2D eigenvalue weighted by Gasteiger charge is -2.32. The molecule has 1 rings (SSSR count). The second kappa shape index (κ2) is 4.81. The van der Waals surface area contributed by atoms with Gasteiger partial charge in [-0.25, -0.2) is 0 Å². The predicted octanol–water partition coefficient (Wildman–Crippen LogP) is 1.06. The van der Waals surface area contributed by atoms with Crippen LogP contribution in [0.2, 0.25) is 0 Å².